The molecule has 74 valence electrons. The molecule has 0 unspecified atom stereocenters. The van der Waals surface area contributed by atoms with Crippen LogP contribution in [0.4, 0.5) is 5.69 Å². The van der Waals surface area contributed by atoms with E-state index in [1.807, 2.05) is 7.05 Å². The normalized spacial score (nSPS) is 15.1. The molecule has 1 aromatic rings. The molecule has 2 rings (SSSR count). The molecule has 0 atom stereocenters. The Balaban J connectivity index is 2.13. The fourth-order valence-corrected chi connectivity index (χ4v) is 1.76. The monoisotopic (exact) mass is 188 g/mol. The summed E-state index contributed by atoms with van der Waals surface area (Å²) in [6.07, 6.45) is 4.43. The molecule has 1 aliphatic heterocycles. The maximum atomic E-state index is 3.17. The molecule has 14 heavy (non-hydrogen) atoms. The van der Waals surface area contributed by atoms with Crippen molar-refractivity contribution < 1.29 is 0 Å². The van der Waals surface area contributed by atoms with Gasteiger partial charge in [0.15, 0.2) is 0 Å². The van der Waals surface area contributed by atoms with E-state index >= 15 is 0 Å². The van der Waals surface area contributed by atoms with Crippen LogP contribution >= 0.6 is 0 Å². The zero-order valence-electron chi connectivity index (χ0n) is 8.53. The van der Waals surface area contributed by atoms with Gasteiger partial charge in [-0.1, -0.05) is 24.3 Å². The van der Waals surface area contributed by atoms with E-state index in [9.17, 15) is 0 Å². The summed E-state index contributed by atoms with van der Waals surface area (Å²) in [5.74, 6) is 0. The molecule has 0 aliphatic carbocycles. The molecule has 0 aromatic heterocycles. The van der Waals surface area contributed by atoms with Gasteiger partial charge in [0.1, 0.15) is 0 Å². The SMILES string of the molecule is CNCc1cccc(N2CC=CC2)c1. The Morgan fingerprint density at radius 3 is 2.79 bits per heavy atom. The minimum atomic E-state index is 0.940. The van der Waals surface area contributed by atoms with Crippen LogP contribution in [-0.2, 0) is 6.54 Å². The maximum Gasteiger partial charge on any atom is 0.0375 e. The van der Waals surface area contributed by atoms with Gasteiger partial charge in [-0.3, -0.25) is 0 Å². The van der Waals surface area contributed by atoms with Gasteiger partial charge in [0.25, 0.3) is 0 Å². The maximum absolute atomic E-state index is 3.17. The Hall–Kier alpha value is -1.28. The minimum Gasteiger partial charge on any atom is -0.364 e. The third-order valence-electron chi connectivity index (χ3n) is 2.47. The van der Waals surface area contributed by atoms with Gasteiger partial charge in [-0.25, -0.2) is 0 Å². The largest absolute Gasteiger partial charge is 0.364 e. The topological polar surface area (TPSA) is 15.3 Å². The average Bonchev–Trinajstić information content (AvgIpc) is 2.71. The second kappa shape index (κ2) is 4.29. The van der Waals surface area contributed by atoms with Crippen LogP contribution in [0.2, 0.25) is 0 Å². The molecule has 2 nitrogen and oxygen atoms in total. The summed E-state index contributed by atoms with van der Waals surface area (Å²) in [5.41, 5.74) is 2.67. The van der Waals surface area contributed by atoms with E-state index < -0.39 is 0 Å². The fraction of sp³-hybridized carbons (Fsp3) is 0.333. The Morgan fingerprint density at radius 2 is 2.07 bits per heavy atom. The lowest BCUT2D eigenvalue weighted by Gasteiger charge is -2.18. The van der Waals surface area contributed by atoms with Crippen molar-refractivity contribution >= 4 is 5.69 Å². The van der Waals surface area contributed by atoms with E-state index in [1.54, 1.807) is 0 Å². The van der Waals surface area contributed by atoms with Crippen LogP contribution < -0.4 is 10.2 Å². The number of benzene rings is 1. The third kappa shape index (κ3) is 1.96. The predicted molar refractivity (Wildman–Crippen MR) is 60.6 cm³/mol. The van der Waals surface area contributed by atoms with Crippen molar-refractivity contribution in [3.05, 3.63) is 42.0 Å². The highest BCUT2D eigenvalue weighted by Gasteiger charge is 2.07. The van der Waals surface area contributed by atoms with Crippen LogP contribution in [0, 0.1) is 0 Å². The van der Waals surface area contributed by atoms with E-state index in [-0.39, 0.29) is 0 Å². The molecule has 2 heteroatoms. The van der Waals surface area contributed by atoms with E-state index in [1.165, 1.54) is 11.3 Å². The summed E-state index contributed by atoms with van der Waals surface area (Å²) in [5, 5.41) is 3.17. The molecule has 1 N–H and O–H groups in total. The summed E-state index contributed by atoms with van der Waals surface area (Å²) >= 11 is 0. The molecular weight excluding hydrogens is 172 g/mol. The molecule has 0 fully saturated rings. The summed E-state index contributed by atoms with van der Waals surface area (Å²) in [6, 6.07) is 8.71. The number of hydrogen-bond donors (Lipinski definition) is 1. The van der Waals surface area contributed by atoms with Crippen LogP contribution in [0.3, 0.4) is 0 Å². The van der Waals surface area contributed by atoms with Crippen molar-refractivity contribution in [2.75, 3.05) is 25.0 Å². The third-order valence-corrected chi connectivity index (χ3v) is 2.47. The van der Waals surface area contributed by atoms with Gasteiger partial charge in [0.2, 0.25) is 0 Å². The number of nitrogens with zero attached hydrogens (tertiary/aromatic N) is 1. The molecule has 1 aromatic carbocycles. The first kappa shape index (κ1) is 9.28. The molecule has 0 bridgehead atoms. The molecule has 0 radical (unpaired) electrons. The van der Waals surface area contributed by atoms with E-state index in [2.05, 4.69) is 46.6 Å². The van der Waals surface area contributed by atoms with Crippen LogP contribution in [0.25, 0.3) is 0 Å². The highest BCUT2D eigenvalue weighted by atomic mass is 15.1. The molecule has 0 spiro atoms. The Bertz CT molecular complexity index is 323. The van der Waals surface area contributed by atoms with E-state index in [0.717, 1.165) is 19.6 Å². The Morgan fingerprint density at radius 1 is 1.29 bits per heavy atom. The molecular formula is C12H16N2. The molecule has 1 heterocycles. The first-order valence-corrected chi connectivity index (χ1v) is 5.03. The zero-order chi connectivity index (χ0) is 9.80. The van der Waals surface area contributed by atoms with Crippen molar-refractivity contribution in [3.63, 3.8) is 0 Å². The average molecular weight is 188 g/mol. The summed E-state index contributed by atoms with van der Waals surface area (Å²) in [7, 11) is 1.98. The quantitative estimate of drug-likeness (QED) is 0.727. The predicted octanol–water partition coefficient (Wildman–Crippen LogP) is 1.78. The lowest BCUT2D eigenvalue weighted by Crippen LogP contribution is -2.18. The summed E-state index contributed by atoms with van der Waals surface area (Å²) < 4.78 is 0. The number of hydrogen-bond acceptors (Lipinski definition) is 2. The number of rotatable bonds is 3. The minimum absolute atomic E-state index is 0.940. The fourth-order valence-electron chi connectivity index (χ4n) is 1.76. The van der Waals surface area contributed by atoms with Crippen molar-refractivity contribution in [1.29, 1.82) is 0 Å². The van der Waals surface area contributed by atoms with Crippen molar-refractivity contribution in [2.24, 2.45) is 0 Å². The standard InChI is InChI=1S/C12H16N2/c1-13-10-11-5-4-6-12(9-11)14-7-2-3-8-14/h2-6,9,13H,7-8,10H2,1H3. The molecule has 0 saturated carbocycles. The van der Waals surface area contributed by atoms with Gasteiger partial charge in [-0.15, -0.1) is 0 Å². The second-order valence-electron chi connectivity index (χ2n) is 3.58. The first-order valence-electron chi connectivity index (χ1n) is 5.03. The lowest BCUT2D eigenvalue weighted by molar-refractivity contribution is 0.817. The van der Waals surface area contributed by atoms with Crippen molar-refractivity contribution in [1.82, 2.24) is 5.32 Å². The summed E-state index contributed by atoms with van der Waals surface area (Å²) in [6.45, 7) is 3.03. The van der Waals surface area contributed by atoms with Gasteiger partial charge < -0.3 is 10.2 Å². The van der Waals surface area contributed by atoms with Gasteiger partial charge in [-0.05, 0) is 24.7 Å². The molecule has 0 amide bonds. The van der Waals surface area contributed by atoms with Gasteiger partial charge >= 0.3 is 0 Å². The second-order valence-corrected chi connectivity index (χ2v) is 3.58. The smallest absolute Gasteiger partial charge is 0.0375 e. The van der Waals surface area contributed by atoms with Crippen LogP contribution in [0.1, 0.15) is 5.56 Å². The molecule has 1 aliphatic rings. The summed E-state index contributed by atoms with van der Waals surface area (Å²) in [4.78, 5) is 2.36. The van der Waals surface area contributed by atoms with Crippen LogP contribution in [0.5, 0.6) is 0 Å². The van der Waals surface area contributed by atoms with Gasteiger partial charge in [-0.2, -0.15) is 0 Å². The van der Waals surface area contributed by atoms with Gasteiger partial charge in [0, 0.05) is 25.3 Å². The van der Waals surface area contributed by atoms with Crippen molar-refractivity contribution in [3.8, 4) is 0 Å². The van der Waals surface area contributed by atoms with Crippen LogP contribution in [-0.4, -0.2) is 20.1 Å². The number of nitrogens with one attached hydrogen (secondary N) is 1. The lowest BCUT2D eigenvalue weighted by atomic mass is 10.2. The Labute approximate surface area is 85.2 Å². The van der Waals surface area contributed by atoms with Crippen LogP contribution in [0.15, 0.2) is 36.4 Å². The highest BCUT2D eigenvalue weighted by Crippen LogP contribution is 2.18. The van der Waals surface area contributed by atoms with E-state index in [0.29, 0.717) is 0 Å². The van der Waals surface area contributed by atoms with Gasteiger partial charge in [0.05, 0.1) is 0 Å². The van der Waals surface area contributed by atoms with E-state index in [4.69, 9.17) is 0 Å². The molecule has 0 saturated heterocycles. The van der Waals surface area contributed by atoms with Crippen molar-refractivity contribution in [2.45, 2.75) is 6.54 Å². The number of anilines is 1. The first-order chi connectivity index (χ1) is 6.90. The Kier molecular flexibility index (Phi) is 2.84. The zero-order valence-corrected chi connectivity index (χ0v) is 8.53. The highest BCUT2D eigenvalue weighted by molar-refractivity contribution is 5.51.